The van der Waals surface area contributed by atoms with Gasteiger partial charge in [0.2, 0.25) is 5.91 Å². The van der Waals surface area contributed by atoms with Crippen molar-refractivity contribution in [1.29, 1.82) is 0 Å². The summed E-state index contributed by atoms with van der Waals surface area (Å²) in [6, 6.07) is 7.23. The lowest BCUT2D eigenvalue weighted by Gasteiger charge is -2.28. The number of nitrogens with two attached hydrogens (primary N) is 2. The molecule has 2 heterocycles. The van der Waals surface area contributed by atoms with Crippen LogP contribution in [-0.4, -0.2) is 50.2 Å². The van der Waals surface area contributed by atoms with Crippen molar-refractivity contribution in [2.75, 3.05) is 39.1 Å². The molecule has 3 amide bonds. The number of ether oxygens (including phenoxy) is 1. The minimum Gasteiger partial charge on any atom is -0.398 e. The first-order chi connectivity index (χ1) is 12.5. The summed E-state index contributed by atoms with van der Waals surface area (Å²) in [6.07, 6.45) is 1.29. The number of amides is 3. The average molecular weight is 376 g/mol. The quantitative estimate of drug-likeness (QED) is 0.531. The van der Waals surface area contributed by atoms with E-state index < -0.39 is 10.7 Å². The summed E-state index contributed by atoms with van der Waals surface area (Å²) in [7, 11) is 1.60. The smallest absolute Gasteiger partial charge is 0.317 e. The molecular weight excluding hydrogens is 352 g/mol. The van der Waals surface area contributed by atoms with E-state index in [-0.39, 0.29) is 6.03 Å². The van der Waals surface area contributed by atoms with Crippen molar-refractivity contribution in [3.8, 4) is 0 Å². The number of para-hydroxylation sites is 1. The summed E-state index contributed by atoms with van der Waals surface area (Å²) in [5, 5.41) is 2.84. The molecule has 0 spiro atoms. The lowest BCUT2D eigenvalue weighted by Crippen LogP contribution is -2.43. The summed E-state index contributed by atoms with van der Waals surface area (Å²) in [4.78, 5) is 27.5. The minimum absolute atomic E-state index is 0.120. The van der Waals surface area contributed by atoms with Gasteiger partial charge in [-0.25, -0.2) is 4.79 Å². The molecule has 0 bridgehead atoms. The zero-order chi connectivity index (χ0) is 18.7. The Morgan fingerprint density at radius 3 is 2.85 bits per heavy atom. The molecule has 1 aromatic rings. The van der Waals surface area contributed by atoms with Crippen LogP contribution < -0.4 is 16.8 Å². The van der Waals surface area contributed by atoms with E-state index in [1.807, 2.05) is 18.2 Å². The van der Waals surface area contributed by atoms with E-state index in [1.165, 1.54) is 17.3 Å². The predicted octanol–water partition coefficient (Wildman–Crippen LogP) is 1.40. The SMILES string of the molecule is COCCNC(=O)N1CCC2=C(C1)SC(C(N)=O)(c1ccccc1N)C2. The van der Waals surface area contributed by atoms with Gasteiger partial charge in [0.1, 0.15) is 4.75 Å². The molecule has 1 unspecified atom stereocenters. The number of carbonyl (C=O) groups is 2. The second-order valence-corrected chi connectivity index (χ2v) is 7.87. The molecule has 8 heteroatoms. The Morgan fingerprint density at radius 2 is 2.15 bits per heavy atom. The van der Waals surface area contributed by atoms with Crippen LogP contribution in [0.25, 0.3) is 0 Å². The number of benzene rings is 1. The molecule has 26 heavy (non-hydrogen) atoms. The van der Waals surface area contributed by atoms with Crippen molar-refractivity contribution in [2.24, 2.45) is 5.73 Å². The Kier molecular flexibility index (Phi) is 5.43. The van der Waals surface area contributed by atoms with Crippen LogP contribution >= 0.6 is 11.8 Å². The van der Waals surface area contributed by atoms with Crippen LogP contribution in [0.3, 0.4) is 0 Å². The Labute approximate surface area is 157 Å². The number of nitrogens with one attached hydrogen (secondary N) is 1. The number of anilines is 1. The van der Waals surface area contributed by atoms with Crippen LogP contribution in [0, 0.1) is 0 Å². The molecule has 0 radical (unpaired) electrons. The van der Waals surface area contributed by atoms with Crippen molar-refractivity contribution >= 4 is 29.4 Å². The molecule has 2 aliphatic heterocycles. The number of nitrogen functional groups attached to an aromatic ring is 1. The average Bonchev–Trinajstić information content (AvgIpc) is 3.02. The van der Waals surface area contributed by atoms with Gasteiger partial charge < -0.3 is 26.4 Å². The number of hydrogen-bond donors (Lipinski definition) is 3. The first kappa shape index (κ1) is 18.6. The number of methoxy groups -OCH3 is 1. The third-order valence-corrected chi connectivity index (χ3v) is 6.41. The lowest BCUT2D eigenvalue weighted by molar-refractivity contribution is -0.120. The Balaban J connectivity index is 1.77. The molecule has 2 aliphatic rings. The zero-order valence-corrected chi connectivity index (χ0v) is 15.6. The van der Waals surface area contributed by atoms with Crippen LogP contribution in [0.15, 0.2) is 34.7 Å². The number of urea groups is 1. The predicted molar refractivity (Wildman–Crippen MR) is 102 cm³/mol. The van der Waals surface area contributed by atoms with Gasteiger partial charge in [-0.1, -0.05) is 23.8 Å². The number of nitrogens with zero attached hydrogens (tertiary/aromatic N) is 1. The molecule has 7 nitrogen and oxygen atoms in total. The van der Waals surface area contributed by atoms with Crippen molar-refractivity contribution in [1.82, 2.24) is 10.2 Å². The number of rotatable bonds is 5. The van der Waals surface area contributed by atoms with Crippen molar-refractivity contribution < 1.29 is 14.3 Å². The van der Waals surface area contributed by atoms with E-state index in [1.54, 1.807) is 18.1 Å². The molecule has 0 aromatic heterocycles. The van der Waals surface area contributed by atoms with Crippen molar-refractivity contribution in [3.05, 3.63) is 40.3 Å². The third-order valence-electron chi connectivity index (χ3n) is 4.84. The zero-order valence-electron chi connectivity index (χ0n) is 14.8. The first-order valence-corrected chi connectivity index (χ1v) is 9.36. The van der Waals surface area contributed by atoms with Gasteiger partial charge in [0.05, 0.1) is 13.2 Å². The number of thioether (sulfide) groups is 1. The third kappa shape index (κ3) is 3.39. The van der Waals surface area contributed by atoms with E-state index >= 15 is 0 Å². The molecule has 0 fully saturated rings. The van der Waals surface area contributed by atoms with Crippen LogP contribution in [0.1, 0.15) is 18.4 Å². The van der Waals surface area contributed by atoms with Gasteiger partial charge in [0.25, 0.3) is 0 Å². The lowest BCUT2D eigenvalue weighted by atomic mass is 9.87. The second kappa shape index (κ2) is 7.59. The standard InChI is InChI=1S/C18H24N4O3S/c1-25-9-7-21-17(24)22-8-6-12-10-18(16(20)23,26-15(12)11-22)13-4-2-3-5-14(13)19/h2-5H,6-11,19H2,1H3,(H2,20,23)(H,21,24). The molecular formula is C18H24N4O3S. The molecule has 1 atom stereocenters. The van der Waals surface area contributed by atoms with Gasteiger partial charge in [0.15, 0.2) is 0 Å². The highest BCUT2D eigenvalue weighted by atomic mass is 32.2. The Bertz CT molecular complexity index is 752. The number of carbonyl (C=O) groups excluding carboxylic acids is 2. The Hall–Kier alpha value is -2.19. The maximum Gasteiger partial charge on any atom is 0.317 e. The maximum absolute atomic E-state index is 12.4. The van der Waals surface area contributed by atoms with Crippen LogP contribution in [-0.2, 0) is 14.3 Å². The minimum atomic E-state index is -0.890. The summed E-state index contributed by atoms with van der Waals surface area (Å²) in [5.41, 5.74) is 14.5. The highest BCUT2D eigenvalue weighted by Crippen LogP contribution is 2.55. The van der Waals surface area contributed by atoms with Crippen LogP contribution in [0.4, 0.5) is 10.5 Å². The molecule has 1 aromatic carbocycles. The highest BCUT2D eigenvalue weighted by Gasteiger charge is 2.48. The molecule has 0 saturated carbocycles. The normalized spacial score (nSPS) is 22.3. The molecule has 0 aliphatic carbocycles. The molecule has 0 saturated heterocycles. The van der Waals surface area contributed by atoms with Crippen LogP contribution in [0.5, 0.6) is 0 Å². The number of hydrogen-bond acceptors (Lipinski definition) is 5. The maximum atomic E-state index is 12.4. The van der Waals surface area contributed by atoms with Crippen LogP contribution in [0.2, 0.25) is 0 Å². The van der Waals surface area contributed by atoms with Gasteiger partial charge in [-0.3, -0.25) is 4.79 Å². The molecule has 140 valence electrons. The highest BCUT2D eigenvalue weighted by molar-refractivity contribution is 8.05. The fourth-order valence-electron chi connectivity index (χ4n) is 3.44. The van der Waals surface area contributed by atoms with E-state index in [0.29, 0.717) is 38.3 Å². The topological polar surface area (TPSA) is 111 Å². The van der Waals surface area contributed by atoms with E-state index in [2.05, 4.69) is 5.32 Å². The Morgan fingerprint density at radius 1 is 1.38 bits per heavy atom. The number of primary amides is 1. The van der Waals surface area contributed by atoms with Crippen molar-refractivity contribution in [3.63, 3.8) is 0 Å². The first-order valence-electron chi connectivity index (χ1n) is 8.54. The summed E-state index contributed by atoms with van der Waals surface area (Å²) < 4.78 is 4.06. The van der Waals surface area contributed by atoms with Crippen molar-refractivity contribution in [2.45, 2.75) is 17.6 Å². The largest absolute Gasteiger partial charge is 0.398 e. The van der Waals surface area contributed by atoms with Gasteiger partial charge in [-0.15, -0.1) is 11.8 Å². The fraction of sp³-hybridized carbons (Fsp3) is 0.444. The van der Waals surface area contributed by atoms with Gasteiger partial charge in [-0.05, 0) is 18.9 Å². The summed E-state index contributed by atoms with van der Waals surface area (Å²) in [6.45, 7) is 2.05. The second-order valence-electron chi connectivity index (χ2n) is 6.48. The fourth-order valence-corrected chi connectivity index (χ4v) is 5.04. The van der Waals surface area contributed by atoms with E-state index in [9.17, 15) is 9.59 Å². The molecule has 3 rings (SSSR count). The van der Waals surface area contributed by atoms with Gasteiger partial charge >= 0.3 is 6.03 Å². The summed E-state index contributed by atoms with van der Waals surface area (Å²) in [5.74, 6) is -0.397. The van der Waals surface area contributed by atoms with E-state index in [0.717, 1.165) is 16.9 Å². The summed E-state index contributed by atoms with van der Waals surface area (Å²) >= 11 is 1.45. The van der Waals surface area contributed by atoms with Gasteiger partial charge in [0, 0.05) is 36.4 Å². The van der Waals surface area contributed by atoms with E-state index in [4.69, 9.17) is 16.2 Å². The van der Waals surface area contributed by atoms with Gasteiger partial charge in [-0.2, -0.15) is 0 Å². The molecule has 5 N–H and O–H groups in total. The monoisotopic (exact) mass is 376 g/mol.